The number of rotatable bonds is 3. The monoisotopic (exact) mass is 352 g/mol. The molecule has 0 aliphatic rings. The fourth-order valence-corrected chi connectivity index (χ4v) is 2.29. The fourth-order valence-electron chi connectivity index (χ4n) is 1.59. The predicted molar refractivity (Wildman–Crippen MR) is 98.2 cm³/mol. The number of carboxylic acids is 1. The van der Waals surface area contributed by atoms with Crippen LogP contribution in [0, 0.1) is 6.92 Å². The van der Waals surface area contributed by atoms with E-state index in [-0.39, 0.29) is 5.91 Å². The second-order valence-electron chi connectivity index (χ2n) is 4.74. The number of carbonyl (C=O) groups excluding carboxylic acids is 1. The third kappa shape index (κ3) is 7.26. The number of aliphatic hydroxyl groups excluding tert-OH is 1. The summed E-state index contributed by atoms with van der Waals surface area (Å²) in [5.41, 5.74) is 1.72. The molecule has 1 aromatic heterocycles. The fraction of sp³-hybridized carbons (Fsp3) is 0.294. The highest BCUT2D eigenvalue weighted by molar-refractivity contribution is 7.13. The lowest BCUT2D eigenvalue weighted by Gasteiger charge is -2.10. The lowest BCUT2D eigenvalue weighted by Crippen LogP contribution is -2.21. The molecule has 1 heterocycles. The van der Waals surface area contributed by atoms with Crippen LogP contribution in [0.25, 0.3) is 0 Å². The summed E-state index contributed by atoms with van der Waals surface area (Å²) in [5.74, 6) is -0.809. The number of amides is 1. The highest BCUT2D eigenvalue weighted by Gasteiger charge is 2.06. The molecule has 24 heavy (non-hydrogen) atoms. The summed E-state index contributed by atoms with van der Waals surface area (Å²) < 4.78 is 0. The Morgan fingerprint density at radius 3 is 1.88 bits per heavy atom. The number of aromatic carboxylic acids is 1. The first-order valence-corrected chi connectivity index (χ1v) is 7.90. The van der Waals surface area contributed by atoms with Crippen molar-refractivity contribution < 1.29 is 19.8 Å². The third-order valence-electron chi connectivity index (χ3n) is 2.78. The molecule has 0 fully saturated rings. The van der Waals surface area contributed by atoms with Crippen LogP contribution in [0.2, 0.25) is 0 Å². The first-order chi connectivity index (χ1) is 11.3. The first kappa shape index (κ1) is 21.6. The van der Waals surface area contributed by atoms with E-state index in [0.717, 1.165) is 17.7 Å². The summed E-state index contributed by atoms with van der Waals surface area (Å²) >= 11 is 1.30. The molecule has 7 heteroatoms. The zero-order chi connectivity index (χ0) is 18.7. The minimum Gasteiger partial charge on any atom is -0.477 e. The summed E-state index contributed by atoms with van der Waals surface area (Å²) in [6.07, 6.45) is 0. The van der Waals surface area contributed by atoms with Gasteiger partial charge in [-0.25, -0.2) is 4.79 Å². The normalized spacial score (nSPS) is 8.92. The number of hydrogen-bond acceptors (Lipinski definition) is 5. The van der Waals surface area contributed by atoms with E-state index >= 15 is 0 Å². The Morgan fingerprint density at radius 1 is 1.04 bits per heavy atom. The average molecular weight is 352 g/mol. The summed E-state index contributed by atoms with van der Waals surface area (Å²) in [5, 5.41) is 18.4. The average Bonchev–Trinajstić information content (AvgIpc) is 3.03. The molecule has 0 saturated heterocycles. The highest BCUT2D eigenvalue weighted by atomic mass is 32.1. The number of nitrogens with one attached hydrogen (secondary N) is 1. The van der Waals surface area contributed by atoms with E-state index in [1.807, 2.05) is 38.2 Å². The summed E-state index contributed by atoms with van der Waals surface area (Å²) in [6, 6.07) is 10.8. The van der Waals surface area contributed by atoms with Gasteiger partial charge in [-0.3, -0.25) is 4.79 Å². The van der Waals surface area contributed by atoms with Crippen molar-refractivity contribution in [2.24, 2.45) is 0 Å². The summed E-state index contributed by atoms with van der Waals surface area (Å²) in [7, 11) is 6.34. The number of benzene rings is 1. The second-order valence-corrected chi connectivity index (χ2v) is 6.03. The number of thiophene rings is 1. The number of nitrogens with zero attached hydrogens (tertiary/aromatic N) is 1. The lowest BCUT2D eigenvalue weighted by atomic mass is 10.2. The van der Waals surface area contributed by atoms with E-state index in [1.54, 1.807) is 31.1 Å². The number of aryl methyl sites for hydroxylation is 1. The first-order valence-electron chi connectivity index (χ1n) is 7.09. The van der Waals surface area contributed by atoms with Crippen molar-refractivity contribution in [2.75, 3.05) is 33.6 Å². The molecule has 0 saturated carbocycles. The quantitative estimate of drug-likeness (QED) is 0.790. The van der Waals surface area contributed by atoms with E-state index in [4.69, 9.17) is 10.2 Å². The van der Waals surface area contributed by atoms with Crippen LogP contribution in [-0.4, -0.2) is 55.2 Å². The smallest absolute Gasteiger partial charge is 0.345 e. The Kier molecular flexibility index (Phi) is 10.1. The zero-order valence-corrected chi connectivity index (χ0v) is 15.3. The van der Waals surface area contributed by atoms with Crippen LogP contribution in [-0.2, 0) is 0 Å². The second kappa shape index (κ2) is 11.2. The molecule has 0 radical (unpaired) electrons. The van der Waals surface area contributed by atoms with Gasteiger partial charge < -0.3 is 20.4 Å². The maximum absolute atomic E-state index is 11.4. The molecule has 132 valence electrons. The molecule has 0 unspecified atom stereocenters. The molecule has 3 N–H and O–H groups in total. The summed E-state index contributed by atoms with van der Waals surface area (Å²) in [4.78, 5) is 24.7. The number of carbonyl (C=O) groups is 2. The number of hydrogen-bond donors (Lipinski definition) is 3. The minimum absolute atomic E-state index is 0.0302. The predicted octanol–water partition coefficient (Wildman–Crippen LogP) is 2.79. The van der Waals surface area contributed by atoms with Crippen molar-refractivity contribution in [3.63, 3.8) is 0 Å². The van der Waals surface area contributed by atoms with Gasteiger partial charge in [0.1, 0.15) is 4.88 Å². The van der Waals surface area contributed by atoms with Gasteiger partial charge in [0, 0.05) is 44.4 Å². The number of carboxylic acid groups (broad SMARTS) is 1. The molecule has 0 aliphatic heterocycles. The Hall–Kier alpha value is -2.38. The van der Waals surface area contributed by atoms with Crippen molar-refractivity contribution in [3.05, 3.63) is 51.7 Å². The number of anilines is 1. The molecule has 0 bridgehead atoms. The van der Waals surface area contributed by atoms with Gasteiger partial charge in [0.15, 0.2) is 0 Å². The van der Waals surface area contributed by atoms with Crippen molar-refractivity contribution in [1.29, 1.82) is 0 Å². The van der Waals surface area contributed by atoms with Crippen LogP contribution < -0.4 is 5.32 Å². The standard InChI is InChI=1S/C10H14N2O.C6H6O2S.CH4O/c1-11-9-6-4-8(5-7-9)10(13)12(2)3;1-4-2-3-5(9-4)6(7)8;1-2/h4-7,11H,1-3H3;2-3H,1H3,(H,7,8);2H,1H3. The van der Waals surface area contributed by atoms with Crippen molar-refractivity contribution in [1.82, 2.24) is 4.90 Å². The van der Waals surface area contributed by atoms with Gasteiger partial charge in [0.2, 0.25) is 0 Å². The Bertz CT molecular complexity index is 636. The van der Waals surface area contributed by atoms with Gasteiger partial charge in [-0.1, -0.05) is 0 Å². The molecule has 6 nitrogen and oxygen atoms in total. The Labute approximate surface area is 146 Å². The maximum atomic E-state index is 11.4. The molecular weight excluding hydrogens is 328 g/mol. The third-order valence-corrected chi connectivity index (χ3v) is 3.77. The molecule has 0 spiro atoms. The van der Waals surface area contributed by atoms with Gasteiger partial charge >= 0.3 is 5.97 Å². The zero-order valence-electron chi connectivity index (χ0n) is 14.5. The van der Waals surface area contributed by atoms with Crippen LogP contribution in [0.1, 0.15) is 24.9 Å². The topological polar surface area (TPSA) is 89.9 Å². The van der Waals surface area contributed by atoms with Crippen molar-refractivity contribution >= 4 is 28.9 Å². The molecule has 0 atom stereocenters. The van der Waals surface area contributed by atoms with Gasteiger partial charge in [-0.15, -0.1) is 11.3 Å². The Balaban J connectivity index is 0.000000420. The lowest BCUT2D eigenvalue weighted by molar-refractivity contribution is 0.0701. The van der Waals surface area contributed by atoms with Crippen LogP contribution in [0.3, 0.4) is 0 Å². The highest BCUT2D eigenvalue weighted by Crippen LogP contribution is 2.14. The van der Waals surface area contributed by atoms with Gasteiger partial charge in [0.05, 0.1) is 0 Å². The van der Waals surface area contributed by atoms with Gasteiger partial charge in [-0.2, -0.15) is 0 Å². The molecule has 0 aliphatic carbocycles. The van der Waals surface area contributed by atoms with E-state index in [0.29, 0.717) is 10.4 Å². The van der Waals surface area contributed by atoms with Crippen LogP contribution in [0.4, 0.5) is 5.69 Å². The van der Waals surface area contributed by atoms with Crippen molar-refractivity contribution in [3.8, 4) is 0 Å². The maximum Gasteiger partial charge on any atom is 0.345 e. The number of aliphatic hydroxyl groups is 1. The molecule has 2 rings (SSSR count). The minimum atomic E-state index is -0.840. The van der Waals surface area contributed by atoms with E-state index in [1.165, 1.54) is 11.3 Å². The molecule has 2 aromatic rings. The summed E-state index contributed by atoms with van der Waals surface area (Å²) in [6.45, 7) is 1.89. The van der Waals surface area contributed by atoms with Crippen molar-refractivity contribution in [2.45, 2.75) is 6.92 Å². The van der Waals surface area contributed by atoms with Crippen LogP contribution >= 0.6 is 11.3 Å². The SMILES string of the molecule is CNc1ccc(C(=O)N(C)C)cc1.CO.Cc1ccc(C(=O)O)s1. The largest absolute Gasteiger partial charge is 0.477 e. The van der Waals surface area contributed by atoms with Gasteiger partial charge in [-0.05, 0) is 43.3 Å². The van der Waals surface area contributed by atoms with E-state index < -0.39 is 5.97 Å². The molecule has 1 aromatic carbocycles. The van der Waals surface area contributed by atoms with E-state index in [2.05, 4.69) is 5.32 Å². The Morgan fingerprint density at radius 2 is 1.58 bits per heavy atom. The van der Waals surface area contributed by atoms with Crippen LogP contribution in [0.5, 0.6) is 0 Å². The van der Waals surface area contributed by atoms with E-state index in [9.17, 15) is 9.59 Å². The molecule has 1 amide bonds. The van der Waals surface area contributed by atoms with Crippen LogP contribution in [0.15, 0.2) is 36.4 Å². The molecular formula is C17H24N2O4S. The van der Waals surface area contributed by atoms with Gasteiger partial charge in [0.25, 0.3) is 5.91 Å².